The summed E-state index contributed by atoms with van der Waals surface area (Å²) in [5.74, 6) is 0.173. The van der Waals surface area contributed by atoms with Crippen molar-refractivity contribution in [3.63, 3.8) is 0 Å². The van der Waals surface area contributed by atoms with Gasteiger partial charge in [0.25, 0.3) is 0 Å². The lowest BCUT2D eigenvalue weighted by Gasteiger charge is -2.37. The highest BCUT2D eigenvalue weighted by molar-refractivity contribution is 6.07. The Morgan fingerprint density at radius 2 is 1.93 bits per heavy atom. The van der Waals surface area contributed by atoms with E-state index in [2.05, 4.69) is 0 Å². The van der Waals surface area contributed by atoms with Crippen LogP contribution >= 0.6 is 0 Å². The number of hydrogen-bond acceptors (Lipinski definition) is 3. The van der Waals surface area contributed by atoms with Crippen molar-refractivity contribution in [1.82, 2.24) is 14.4 Å². The van der Waals surface area contributed by atoms with E-state index < -0.39 is 5.41 Å². The first-order valence-electron chi connectivity index (χ1n) is 9.53. The quantitative estimate of drug-likeness (QED) is 0.782. The minimum Gasteiger partial charge on any atom is -0.345 e. The Balaban J connectivity index is 1.55. The molecule has 2 saturated heterocycles. The number of carbonyl (C=O) groups is 3. The van der Waals surface area contributed by atoms with E-state index in [0.29, 0.717) is 18.7 Å². The number of piperidine rings is 1. The molecule has 6 nitrogen and oxygen atoms in total. The fraction of sp³-hybridized carbons (Fsp3) is 0.476. The Bertz CT molecular complexity index is 932. The molecule has 1 aromatic heterocycles. The molecule has 0 saturated carbocycles. The Hall–Kier alpha value is -2.63. The van der Waals surface area contributed by atoms with Crippen molar-refractivity contribution >= 4 is 28.5 Å². The number of fused-ring (bicyclic) bond motifs is 1. The SMILES string of the molecule is CC(=O)c1cn(CC(=O)N2CC[C@]3(CCCN(C)C3=O)C2)c2ccccc12. The monoisotopic (exact) mass is 367 g/mol. The van der Waals surface area contributed by atoms with Gasteiger partial charge >= 0.3 is 0 Å². The number of carbonyl (C=O) groups excluding carboxylic acids is 3. The predicted molar refractivity (Wildman–Crippen MR) is 102 cm³/mol. The first-order valence-corrected chi connectivity index (χ1v) is 9.53. The fourth-order valence-electron chi connectivity index (χ4n) is 4.64. The van der Waals surface area contributed by atoms with Crippen LogP contribution in [-0.2, 0) is 16.1 Å². The zero-order valence-corrected chi connectivity index (χ0v) is 15.9. The number of benzene rings is 1. The molecule has 0 bridgehead atoms. The fourth-order valence-corrected chi connectivity index (χ4v) is 4.64. The number of amides is 2. The van der Waals surface area contributed by atoms with E-state index in [1.54, 1.807) is 18.0 Å². The largest absolute Gasteiger partial charge is 0.345 e. The number of para-hydroxylation sites is 1. The van der Waals surface area contributed by atoms with Crippen molar-refractivity contribution in [3.8, 4) is 0 Å². The molecule has 0 aliphatic carbocycles. The maximum Gasteiger partial charge on any atom is 0.242 e. The second-order valence-corrected chi connectivity index (χ2v) is 7.92. The topological polar surface area (TPSA) is 62.6 Å². The lowest BCUT2D eigenvalue weighted by Crippen LogP contribution is -2.48. The molecule has 4 rings (SSSR count). The van der Waals surface area contributed by atoms with Gasteiger partial charge in [-0.1, -0.05) is 18.2 Å². The number of aromatic nitrogens is 1. The third-order valence-electron chi connectivity index (χ3n) is 6.13. The molecule has 2 aliphatic rings. The van der Waals surface area contributed by atoms with Gasteiger partial charge in [0.1, 0.15) is 6.54 Å². The van der Waals surface area contributed by atoms with Crippen LogP contribution in [-0.4, -0.2) is 58.6 Å². The van der Waals surface area contributed by atoms with Gasteiger partial charge < -0.3 is 14.4 Å². The minimum atomic E-state index is -0.397. The molecular weight excluding hydrogens is 342 g/mol. The van der Waals surface area contributed by atoms with Crippen LogP contribution in [0.2, 0.25) is 0 Å². The molecule has 2 amide bonds. The third kappa shape index (κ3) is 2.93. The third-order valence-corrected chi connectivity index (χ3v) is 6.13. The maximum atomic E-state index is 12.9. The summed E-state index contributed by atoms with van der Waals surface area (Å²) < 4.78 is 1.86. The standard InChI is InChI=1S/C21H25N3O3/c1-15(25)17-12-24(18-7-4-3-6-16(17)18)13-19(26)23-11-9-21(14-23)8-5-10-22(2)20(21)27/h3-4,6-7,12H,5,8-11,13-14H2,1-2H3/t21-/m1/s1. The van der Waals surface area contributed by atoms with E-state index in [1.165, 1.54) is 0 Å². The van der Waals surface area contributed by atoms with Crippen molar-refractivity contribution in [2.24, 2.45) is 5.41 Å². The van der Waals surface area contributed by atoms with Crippen LogP contribution in [0.25, 0.3) is 10.9 Å². The van der Waals surface area contributed by atoms with Crippen LogP contribution in [0.15, 0.2) is 30.5 Å². The highest BCUT2D eigenvalue weighted by Crippen LogP contribution is 2.39. The van der Waals surface area contributed by atoms with Gasteiger partial charge in [-0.3, -0.25) is 14.4 Å². The van der Waals surface area contributed by atoms with Crippen LogP contribution in [0.5, 0.6) is 0 Å². The van der Waals surface area contributed by atoms with Gasteiger partial charge in [0.15, 0.2) is 5.78 Å². The van der Waals surface area contributed by atoms with Crippen molar-refractivity contribution in [3.05, 3.63) is 36.0 Å². The van der Waals surface area contributed by atoms with Crippen LogP contribution in [0.1, 0.15) is 36.5 Å². The Morgan fingerprint density at radius 1 is 1.15 bits per heavy atom. The molecule has 0 N–H and O–H groups in total. The second kappa shape index (κ2) is 6.51. The van der Waals surface area contributed by atoms with E-state index in [0.717, 1.165) is 36.7 Å². The molecule has 3 heterocycles. The van der Waals surface area contributed by atoms with Crippen LogP contribution in [0, 0.1) is 5.41 Å². The molecule has 27 heavy (non-hydrogen) atoms. The van der Waals surface area contributed by atoms with Crippen LogP contribution in [0.4, 0.5) is 0 Å². The molecule has 6 heteroatoms. The van der Waals surface area contributed by atoms with Gasteiger partial charge in [-0.05, 0) is 32.3 Å². The number of rotatable bonds is 3. The average molecular weight is 367 g/mol. The first kappa shape index (κ1) is 17.8. The van der Waals surface area contributed by atoms with Gasteiger partial charge in [0.05, 0.1) is 5.41 Å². The summed E-state index contributed by atoms with van der Waals surface area (Å²) in [7, 11) is 1.85. The molecule has 1 aromatic carbocycles. The molecule has 1 spiro atoms. The predicted octanol–water partition coefficient (Wildman–Crippen LogP) is 2.31. The van der Waals surface area contributed by atoms with E-state index in [-0.39, 0.29) is 24.1 Å². The summed E-state index contributed by atoms with van der Waals surface area (Å²) in [6.45, 7) is 3.67. The minimum absolute atomic E-state index is 0.00348. The summed E-state index contributed by atoms with van der Waals surface area (Å²) in [4.78, 5) is 41.2. The molecule has 1 atom stereocenters. The van der Waals surface area contributed by atoms with Gasteiger partial charge in [0, 0.05) is 49.3 Å². The summed E-state index contributed by atoms with van der Waals surface area (Å²) in [5, 5.41) is 0.875. The smallest absolute Gasteiger partial charge is 0.242 e. The molecule has 2 aliphatic heterocycles. The van der Waals surface area contributed by atoms with Crippen molar-refractivity contribution < 1.29 is 14.4 Å². The lowest BCUT2D eigenvalue weighted by molar-refractivity contribution is -0.144. The number of nitrogens with zero attached hydrogens (tertiary/aromatic N) is 3. The Kier molecular flexibility index (Phi) is 4.29. The lowest BCUT2D eigenvalue weighted by atomic mass is 9.78. The highest BCUT2D eigenvalue weighted by Gasteiger charge is 2.48. The number of ketones is 1. The molecule has 2 fully saturated rings. The summed E-state index contributed by atoms with van der Waals surface area (Å²) in [5.41, 5.74) is 1.13. The van der Waals surface area contributed by atoms with E-state index in [9.17, 15) is 14.4 Å². The normalized spacial score (nSPS) is 22.8. The van der Waals surface area contributed by atoms with Crippen molar-refractivity contribution in [2.45, 2.75) is 32.7 Å². The molecule has 142 valence electrons. The van der Waals surface area contributed by atoms with Crippen molar-refractivity contribution in [2.75, 3.05) is 26.7 Å². The molecule has 2 aromatic rings. The number of hydrogen-bond donors (Lipinski definition) is 0. The van der Waals surface area contributed by atoms with E-state index in [1.807, 2.05) is 40.8 Å². The highest BCUT2D eigenvalue weighted by atomic mass is 16.2. The summed E-state index contributed by atoms with van der Waals surface area (Å²) in [6, 6.07) is 7.65. The Morgan fingerprint density at radius 3 is 2.70 bits per heavy atom. The maximum absolute atomic E-state index is 12.9. The summed E-state index contributed by atoms with van der Waals surface area (Å²) >= 11 is 0. The van der Waals surface area contributed by atoms with Gasteiger partial charge in [0.2, 0.25) is 11.8 Å². The van der Waals surface area contributed by atoms with E-state index in [4.69, 9.17) is 0 Å². The molecular formula is C21H25N3O3. The Labute approximate surface area is 158 Å². The van der Waals surface area contributed by atoms with E-state index >= 15 is 0 Å². The van der Waals surface area contributed by atoms with Crippen molar-refractivity contribution in [1.29, 1.82) is 0 Å². The van der Waals surface area contributed by atoms with Crippen LogP contribution in [0.3, 0.4) is 0 Å². The number of Topliss-reactive ketones (excluding diaryl/α,β-unsaturated/α-hetero) is 1. The number of likely N-dealkylation sites (tertiary alicyclic amines) is 2. The van der Waals surface area contributed by atoms with Gasteiger partial charge in [-0.2, -0.15) is 0 Å². The zero-order chi connectivity index (χ0) is 19.2. The molecule has 0 unspecified atom stereocenters. The second-order valence-electron chi connectivity index (χ2n) is 7.92. The average Bonchev–Trinajstić information content (AvgIpc) is 3.23. The van der Waals surface area contributed by atoms with Crippen LogP contribution < -0.4 is 0 Å². The van der Waals surface area contributed by atoms with Gasteiger partial charge in [-0.25, -0.2) is 0 Å². The molecule has 0 radical (unpaired) electrons. The first-order chi connectivity index (χ1) is 12.9. The van der Waals surface area contributed by atoms with Gasteiger partial charge in [-0.15, -0.1) is 0 Å². The zero-order valence-electron chi connectivity index (χ0n) is 15.9. The summed E-state index contributed by atoms with van der Waals surface area (Å²) in [6.07, 6.45) is 4.37.